The number of hydrogen-bond acceptors (Lipinski definition) is 3. The summed E-state index contributed by atoms with van der Waals surface area (Å²) in [6.45, 7) is 0. The quantitative estimate of drug-likeness (QED) is 0.424. The molecular formula is C7H6BNO3. The number of aromatic nitrogens is 1. The van der Waals surface area contributed by atoms with Gasteiger partial charge < -0.3 is 9.72 Å². The summed E-state index contributed by atoms with van der Waals surface area (Å²) >= 11 is 0. The second-order valence-corrected chi connectivity index (χ2v) is 2.15. The molecule has 0 spiro atoms. The Hall–Kier alpha value is -1.52. The number of rotatable bonds is 1. The number of nitrogens with one attached hydrogen (secondary N) is 1. The van der Waals surface area contributed by atoms with Gasteiger partial charge in [-0.05, 0) is 11.5 Å². The average molecular weight is 163 g/mol. The third-order valence-electron chi connectivity index (χ3n) is 1.35. The number of H-pyrrole nitrogens is 1. The highest BCUT2D eigenvalue weighted by Gasteiger charge is 2.05. The highest BCUT2D eigenvalue weighted by atomic mass is 16.5. The monoisotopic (exact) mass is 163 g/mol. The maximum atomic E-state index is 10.9. The van der Waals surface area contributed by atoms with E-state index in [0.717, 1.165) is 0 Å². The predicted molar refractivity (Wildman–Crippen MR) is 43.8 cm³/mol. The van der Waals surface area contributed by atoms with Crippen molar-refractivity contribution < 1.29 is 9.53 Å². The van der Waals surface area contributed by atoms with Gasteiger partial charge in [0.2, 0.25) is 5.56 Å². The maximum absolute atomic E-state index is 10.9. The van der Waals surface area contributed by atoms with Crippen LogP contribution in [0.5, 0.6) is 0 Å². The van der Waals surface area contributed by atoms with E-state index in [1.54, 1.807) is 0 Å². The number of carbonyl (C=O) groups is 1. The lowest BCUT2D eigenvalue weighted by atomic mass is 9.98. The Bertz CT molecular complexity index is 358. The minimum Gasteiger partial charge on any atom is -0.464 e. The molecule has 60 valence electrons. The number of methoxy groups -OCH3 is 1. The SMILES string of the molecule is [B]c1ccc(C(=O)OC)[nH]c1=O. The molecule has 0 saturated heterocycles. The first kappa shape index (κ1) is 8.58. The topological polar surface area (TPSA) is 59.2 Å². The van der Waals surface area contributed by atoms with E-state index in [0.29, 0.717) is 0 Å². The van der Waals surface area contributed by atoms with Crippen LogP contribution in [0.25, 0.3) is 0 Å². The van der Waals surface area contributed by atoms with E-state index in [-0.39, 0.29) is 11.2 Å². The molecule has 2 radical (unpaired) electrons. The average Bonchev–Trinajstić information content (AvgIpc) is 2.08. The second kappa shape index (κ2) is 3.25. The molecule has 4 nitrogen and oxygen atoms in total. The van der Waals surface area contributed by atoms with Crippen molar-refractivity contribution in [1.82, 2.24) is 4.98 Å². The summed E-state index contributed by atoms with van der Waals surface area (Å²) < 4.78 is 4.38. The van der Waals surface area contributed by atoms with E-state index >= 15 is 0 Å². The van der Waals surface area contributed by atoms with E-state index in [2.05, 4.69) is 9.72 Å². The molecule has 0 unspecified atom stereocenters. The van der Waals surface area contributed by atoms with Gasteiger partial charge in [-0.25, -0.2) is 4.79 Å². The summed E-state index contributed by atoms with van der Waals surface area (Å²) in [4.78, 5) is 24.0. The highest BCUT2D eigenvalue weighted by molar-refractivity contribution is 6.31. The normalized spacial score (nSPS) is 9.42. The lowest BCUT2D eigenvalue weighted by Gasteiger charge is -1.98. The van der Waals surface area contributed by atoms with Crippen LogP contribution in [0.4, 0.5) is 0 Å². The first-order chi connectivity index (χ1) is 5.65. The molecule has 0 aliphatic carbocycles. The smallest absolute Gasteiger partial charge is 0.354 e. The fourth-order valence-corrected chi connectivity index (χ4v) is 0.714. The van der Waals surface area contributed by atoms with Gasteiger partial charge >= 0.3 is 5.97 Å². The van der Waals surface area contributed by atoms with Gasteiger partial charge in [-0.3, -0.25) is 4.79 Å². The zero-order valence-electron chi connectivity index (χ0n) is 6.46. The van der Waals surface area contributed by atoms with Crippen LogP contribution < -0.4 is 11.0 Å². The van der Waals surface area contributed by atoms with Gasteiger partial charge in [0, 0.05) is 0 Å². The summed E-state index contributed by atoms with van der Waals surface area (Å²) in [5.41, 5.74) is -0.322. The van der Waals surface area contributed by atoms with Gasteiger partial charge in [-0.2, -0.15) is 0 Å². The summed E-state index contributed by atoms with van der Waals surface area (Å²) in [6, 6.07) is 2.74. The standard InChI is InChI=1S/C7H6BNO3/c1-12-7(11)5-3-2-4(8)6(10)9-5/h2-3H,1H3,(H,9,10). The van der Waals surface area contributed by atoms with Gasteiger partial charge in [0.05, 0.1) is 7.11 Å². The molecule has 1 aromatic rings. The number of esters is 1. The summed E-state index contributed by atoms with van der Waals surface area (Å²) in [5.74, 6) is -0.591. The summed E-state index contributed by atoms with van der Waals surface area (Å²) in [6.07, 6.45) is 0. The Morgan fingerprint density at radius 1 is 1.58 bits per heavy atom. The molecule has 0 aliphatic rings. The fraction of sp³-hybridized carbons (Fsp3) is 0.143. The maximum Gasteiger partial charge on any atom is 0.354 e. The zero-order chi connectivity index (χ0) is 9.14. The summed E-state index contributed by atoms with van der Waals surface area (Å²) in [7, 11) is 6.47. The number of aromatic amines is 1. The van der Waals surface area contributed by atoms with Gasteiger partial charge in [0.1, 0.15) is 13.5 Å². The Balaban J connectivity index is 3.13. The molecule has 1 heterocycles. The van der Waals surface area contributed by atoms with Crippen molar-refractivity contribution in [2.75, 3.05) is 7.11 Å². The molecular weight excluding hydrogens is 157 g/mol. The molecule has 5 heteroatoms. The van der Waals surface area contributed by atoms with Crippen molar-refractivity contribution in [2.45, 2.75) is 0 Å². The van der Waals surface area contributed by atoms with E-state index in [1.807, 2.05) is 0 Å². The number of hydrogen-bond donors (Lipinski definition) is 1. The van der Waals surface area contributed by atoms with Gasteiger partial charge in [-0.1, -0.05) is 6.07 Å². The molecule has 0 atom stereocenters. The van der Waals surface area contributed by atoms with Crippen molar-refractivity contribution in [1.29, 1.82) is 0 Å². The van der Waals surface area contributed by atoms with Crippen LogP contribution in [0.2, 0.25) is 0 Å². The lowest BCUT2D eigenvalue weighted by Crippen LogP contribution is -2.29. The van der Waals surface area contributed by atoms with Crippen molar-refractivity contribution in [3.8, 4) is 0 Å². The van der Waals surface area contributed by atoms with Crippen LogP contribution >= 0.6 is 0 Å². The van der Waals surface area contributed by atoms with Gasteiger partial charge in [0.15, 0.2) is 0 Å². The van der Waals surface area contributed by atoms with E-state index in [4.69, 9.17) is 7.85 Å². The van der Waals surface area contributed by atoms with Crippen molar-refractivity contribution in [3.05, 3.63) is 28.2 Å². The molecule has 0 aliphatic heterocycles. The second-order valence-electron chi connectivity index (χ2n) is 2.15. The van der Waals surface area contributed by atoms with Crippen LogP contribution in [-0.2, 0) is 4.74 Å². The van der Waals surface area contributed by atoms with Crippen LogP contribution in [0.3, 0.4) is 0 Å². The van der Waals surface area contributed by atoms with E-state index < -0.39 is 11.5 Å². The number of carbonyl (C=O) groups excluding carboxylic acids is 1. The van der Waals surface area contributed by atoms with Crippen LogP contribution in [0.1, 0.15) is 10.5 Å². The van der Waals surface area contributed by atoms with E-state index in [1.165, 1.54) is 19.2 Å². The molecule has 1 rings (SSSR count). The Morgan fingerprint density at radius 2 is 2.25 bits per heavy atom. The third-order valence-corrected chi connectivity index (χ3v) is 1.35. The van der Waals surface area contributed by atoms with Crippen LogP contribution in [0, 0.1) is 0 Å². The first-order valence-corrected chi connectivity index (χ1v) is 3.22. The molecule has 1 N–H and O–H groups in total. The van der Waals surface area contributed by atoms with Crippen molar-refractivity contribution >= 4 is 19.3 Å². The lowest BCUT2D eigenvalue weighted by molar-refractivity contribution is 0.0594. The minimum atomic E-state index is -0.591. The van der Waals surface area contributed by atoms with Crippen LogP contribution in [-0.4, -0.2) is 25.9 Å². The molecule has 12 heavy (non-hydrogen) atoms. The molecule has 0 amide bonds. The molecule has 0 fully saturated rings. The molecule has 1 aromatic heterocycles. The summed E-state index contributed by atoms with van der Waals surface area (Å²) in [5, 5.41) is 0. The Kier molecular flexibility index (Phi) is 2.33. The Labute approximate surface area is 70.0 Å². The van der Waals surface area contributed by atoms with Gasteiger partial charge in [-0.15, -0.1) is 0 Å². The molecule has 0 saturated carbocycles. The number of ether oxygens (including phenoxy) is 1. The number of pyridine rings is 1. The molecule has 0 bridgehead atoms. The Morgan fingerprint density at radius 3 is 2.75 bits per heavy atom. The predicted octanol–water partition coefficient (Wildman–Crippen LogP) is -1.04. The van der Waals surface area contributed by atoms with Gasteiger partial charge in [0.25, 0.3) is 0 Å². The molecule has 0 aromatic carbocycles. The third kappa shape index (κ3) is 1.55. The van der Waals surface area contributed by atoms with Crippen molar-refractivity contribution in [3.63, 3.8) is 0 Å². The van der Waals surface area contributed by atoms with Crippen molar-refractivity contribution in [2.24, 2.45) is 0 Å². The minimum absolute atomic E-state index is 0.0719. The first-order valence-electron chi connectivity index (χ1n) is 3.22. The van der Waals surface area contributed by atoms with Crippen LogP contribution in [0.15, 0.2) is 16.9 Å². The fourth-order valence-electron chi connectivity index (χ4n) is 0.714. The highest BCUT2D eigenvalue weighted by Crippen LogP contribution is 1.90. The zero-order valence-corrected chi connectivity index (χ0v) is 6.46. The largest absolute Gasteiger partial charge is 0.464 e. The van der Waals surface area contributed by atoms with E-state index in [9.17, 15) is 9.59 Å².